The molecule has 9 heteroatoms. The van der Waals surface area contributed by atoms with Gasteiger partial charge in [-0.05, 0) is 49.6 Å². The van der Waals surface area contributed by atoms with Gasteiger partial charge in [0.1, 0.15) is 0 Å². The van der Waals surface area contributed by atoms with Gasteiger partial charge >= 0.3 is 0 Å². The number of para-hydroxylation sites is 1. The molecule has 0 unspecified atom stereocenters. The molecular weight excluding hydrogens is 454 g/mol. The van der Waals surface area contributed by atoms with E-state index >= 15 is 0 Å². The molecule has 4 rings (SSSR count). The van der Waals surface area contributed by atoms with E-state index < -0.39 is 15.9 Å². The molecule has 178 valence electrons. The third-order valence-electron chi connectivity index (χ3n) is 5.71. The SMILES string of the molecule is Cc1ccc(CNC(=O)c2ccccc2NC(=O)c2ccc(S(=O)(=O)N3CCCCC3)o2)cc1. The van der Waals surface area contributed by atoms with E-state index in [2.05, 4.69) is 10.6 Å². The van der Waals surface area contributed by atoms with Crippen molar-refractivity contribution >= 4 is 27.5 Å². The van der Waals surface area contributed by atoms with Crippen LogP contribution >= 0.6 is 0 Å². The first-order chi connectivity index (χ1) is 16.3. The lowest BCUT2D eigenvalue weighted by Crippen LogP contribution is -2.35. The van der Waals surface area contributed by atoms with Crippen LogP contribution in [0.4, 0.5) is 5.69 Å². The summed E-state index contributed by atoms with van der Waals surface area (Å²) in [4.78, 5) is 25.5. The quantitative estimate of drug-likeness (QED) is 0.531. The zero-order chi connectivity index (χ0) is 24.1. The predicted molar refractivity (Wildman–Crippen MR) is 128 cm³/mol. The lowest BCUT2D eigenvalue weighted by Gasteiger charge is -2.24. The Kier molecular flexibility index (Phi) is 7.14. The fourth-order valence-electron chi connectivity index (χ4n) is 3.77. The summed E-state index contributed by atoms with van der Waals surface area (Å²) in [5.74, 6) is -1.13. The molecule has 2 N–H and O–H groups in total. The topological polar surface area (TPSA) is 109 Å². The summed E-state index contributed by atoms with van der Waals surface area (Å²) in [6, 6.07) is 17.0. The van der Waals surface area contributed by atoms with Crippen molar-refractivity contribution in [2.75, 3.05) is 18.4 Å². The van der Waals surface area contributed by atoms with Crippen LogP contribution in [0.15, 0.2) is 70.2 Å². The lowest BCUT2D eigenvalue weighted by molar-refractivity contribution is 0.0951. The van der Waals surface area contributed by atoms with Crippen molar-refractivity contribution in [1.82, 2.24) is 9.62 Å². The number of hydrogen-bond donors (Lipinski definition) is 2. The number of hydrogen-bond acceptors (Lipinski definition) is 5. The van der Waals surface area contributed by atoms with Gasteiger partial charge in [-0.15, -0.1) is 0 Å². The highest BCUT2D eigenvalue weighted by atomic mass is 32.2. The second-order valence-electron chi connectivity index (χ2n) is 8.25. The van der Waals surface area contributed by atoms with Crippen molar-refractivity contribution in [3.8, 4) is 0 Å². The molecule has 2 aromatic carbocycles. The number of carbonyl (C=O) groups is 2. The maximum Gasteiger partial charge on any atom is 0.291 e. The first-order valence-corrected chi connectivity index (χ1v) is 12.6. The summed E-state index contributed by atoms with van der Waals surface area (Å²) in [5.41, 5.74) is 2.67. The van der Waals surface area contributed by atoms with Gasteiger partial charge < -0.3 is 15.1 Å². The Labute approximate surface area is 199 Å². The van der Waals surface area contributed by atoms with Crippen molar-refractivity contribution in [2.45, 2.75) is 37.8 Å². The molecule has 2 heterocycles. The number of furan rings is 1. The normalized spacial score (nSPS) is 14.5. The molecule has 0 aliphatic carbocycles. The summed E-state index contributed by atoms with van der Waals surface area (Å²) < 4.78 is 32.3. The Balaban J connectivity index is 1.45. The number of anilines is 1. The summed E-state index contributed by atoms with van der Waals surface area (Å²) in [6.07, 6.45) is 2.60. The summed E-state index contributed by atoms with van der Waals surface area (Å²) in [7, 11) is -3.78. The fourth-order valence-corrected chi connectivity index (χ4v) is 5.20. The number of carbonyl (C=O) groups excluding carboxylic acids is 2. The average molecular weight is 482 g/mol. The molecule has 0 spiro atoms. The van der Waals surface area contributed by atoms with Crippen LogP contribution in [0.3, 0.4) is 0 Å². The van der Waals surface area contributed by atoms with E-state index in [1.165, 1.54) is 16.4 Å². The lowest BCUT2D eigenvalue weighted by atomic mass is 10.1. The van der Waals surface area contributed by atoms with Gasteiger partial charge in [-0.3, -0.25) is 9.59 Å². The number of nitrogens with zero attached hydrogens (tertiary/aromatic N) is 1. The zero-order valence-corrected chi connectivity index (χ0v) is 19.7. The zero-order valence-electron chi connectivity index (χ0n) is 18.9. The molecule has 0 radical (unpaired) electrons. The van der Waals surface area contributed by atoms with Crippen LogP contribution in [0.25, 0.3) is 0 Å². The number of nitrogens with one attached hydrogen (secondary N) is 2. The second-order valence-corrected chi connectivity index (χ2v) is 10.1. The minimum atomic E-state index is -3.78. The fraction of sp³-hybridized carbons (Fsp3) is 0.280. The van der Waals surface area contributed by atoms with Crippen molar-refractivity contribution in [1.29, 1.82) is 0 Å². The van der Waals surface area contributed by atoms with Gasteiger partial charge in [0.2, 0.25) is 5.09 Å². The first kappa shape index (κ1) is 23.7. The number of amides is 2. The van der Waals surface area contributed by atoms with Crippen LogP contribution in [0.5, 0.6) is 0 Å². The first-order valence-electron chi connectivity index (χ1n) is 11.2. The molecule has 0 atom stereocenters. The maximum absolute atomic E-state index is 12.8. The Morgan fingerprint density at radius 2 is 1.62 bits per heavy atom. The van der Waals surface area contributed by atoms with Gasteiger partial charge in [-0.2, -0.15) is 4.31 Å². The van der Waals surface area contributed by atoms with E-state index in [1.54, 1.807) is 24.3 Å². The molecule has 34 heavy (non-hydrogen) atoms. The van der Waals surface area contributed by atoms with E-state index in [9.17, 15) is 18.0 Å². The van der Waals surface area contributed by atoms with Crippen LogP contribution in [-0.4, -0.2) is 37.6 Å². The number of piperidine rings is 1. The number of benzene rings is 2. The average Bonchev–Trinajstić information content (AvgIpc) is 3.36. The Bertz CT molecular complexity index is 1280. The maximum atomic E-state index is 12.8. The third-order valence-corrected chi connectivity index (χ3v) is 7.48. The summed E-state index contributed by atoms with van der Waals surface area (Å²) >= 11 is 0. The van der Waals surface area contributed by atoms with Crippen LogP contribution < -0.4 is 10.6 Å². The molecular formula is C25H27N3O5S. The molecule has 3 aromatic rings. The number of sulfonamides is 1. The van der Waals surface area contributed by atoms with Crippen LogP contribution in [0.1, 0.15) is 51.3 Å². The molecule has 1 aromatic heterocycles. The van der Waals surface area contributed by atoms with Gasteiger partial charge in [0, 0.05) is 19.6 Å². The molecule has 1 aliphatic heterocycles. The highest BCUT2D eigenvalue weighted by molar-refractivity contribution is 7.89. The number of rotatable bonds is 7. The monoisotopic (exact) mass is 481 g/mol. The Morgan fingerprint density at radius 1 is 0.912 bits per heavy atom. The molecule has 2 amide bonds. The standard InChI is InChI=1S/C25H27N3O5S/c1-18-9-11-19(12-10-18)17-26-24(29)20-7-3-4-8-21(20)27-25(30)22-13-14-23(33-22)34(31,32)28-15-5-2-6-16-28/h3-4,7-14H,2,5-6,15-17H2,1H3,(H,26,29)(H,27,30). The molecule has 1 fully saturated rings. The van der Waals surface area contributed by atoms with E-state index in [0.29, 0.717) is 25.3 Å². The smallest absolute Gasteiger partial charge is 0.291 e. The molecule has 1 saturated heterocycles. The van der Waals surface area contributed by atoms with Gasteiger partial charge in [0.05, 0.1) is 11.3 Å². The van der Waals surface area contributed by atoms with Crippen molar-refractivity contribution < 1.29 is 22.4 Å². The molecule has 8 nitrogen and oxygen atoms in total. The van der Waals surface area contributed by atoms with Gasteiger partial charge in [-0.1, -0.05) is 48.4 Å². The highest BCUT2D eigenvalue weighted by Crippen LogP contribution is 2.23. The van der Waals surface area contributed by atoms with Crippen molar-refractivity contribution in [3.05, 3.63) is 83.1 Å². The van der Waals surface area contributed by atoms with Gasteiger partial charge in [0.25, 0.3) is 21.8 Å². The third kappa shape index (κ3) is 5.37. The Hall–Kier alpha value is -3.43. The summed E-state index contributed by atoms with van der Waals surface area (Å²) in [5, 5.41) is 5.25. The minimum absolute atomic E-state index is 0.148. The van der Waals surface area contributed by atoms with Crippen LogP contribution in [0.2, 0.25) is 0 Å². The van der Waals surface area contributed by atoms with Gasteiger partial charge in [-0.25, -0.2) is 8.42 Å². The largest absolute Gasteiger partial charge is 0.438 e. The van der Waals surface area contributed by atoms with Crippen molar-refractivity contribution in [3.63, 3.8) is 0 Å². The van der Waals surface area contributed by atoms with Crippen molar-refractivity contribution in [2.24, 2.45) is 0 Å². The van der Waals surface area contributed by atoms with E-state index in [1.807, 2.05) is 31.2 Å². The minimum Gasteiger partial charge on any atom is -0.438 e. The highest BCUT2D eigenvalue weighted by Gasteiger charge is 2.29. The van der Waals surface area contributed by atoms with E-state index in [-0.39, 0.29) is 22.3 Å². The van der Waals surface area contributed by atoms with E-state index in [0.717, 1.165) is 30.4 Å². The molecule has 0 bridgehead atoms. The van der Waals surface area contributed by atoms with Crippen LogP contribution in [-0.2, 0) is 16.6 Å². The molecule has 0 saturated carbocycles. The second kappa shape index (κ2) is 10.2. The Morgan fingerprint density at radius 3 is 2.35 bits per heavy atom. The predicted octanol–water partition coefficient (Wildman–Crippen LogP) is 3.94. The van der Waals surface area contributed by atoms with Crippen LogP contribution in [0, 0.1) is 6.92 Å². The number of aryl methyl sites for hydroxylation is 1. The van der Waals surface area contributed by atoms with E-state index in [4.69, 9.17) is 4.42 Å². The summed E-state index contributed by atoms with van der Waals surface area (Å²) in [6.45, 7) is 3.22. The van der Waals surface area contributed by atoms with Gasteiger partial charge in [0.15, 0.2) is 5.76 Å². The molecule has 1 aliphatic rings.